The average Bonchev–Trinajstić information content (AvgIpc) is 2.69. The molecule has 28 heavy (non-hydrogen) atoms. The first kappa shape index (κ1) is 25.0. The molecule has 2 rings (SSSR count). The smallest absolute Gasteiger partial charge is 0.191 e. The third-order valence-corrected chi connectivity index (χ3v) is 4.90. The Morgan fingerprint density at radius 1 is 1.18 bits per heavy atom. The van der Waals surface area contributed by atoms with Crippen LogP contribution in [0.15, 0.2) is 29.3 Å². The fourth-order valence-corrected chi connectivity index (χ4v) is 3.37. The standard InChI is InChI=1S/C22H38N4O.HI/c1-4-7-16-27-21-10-8-9-19(17-21)18-24-22(23-6-3)25-20-11-14-26(13-5-2)15-12-20;/h8-10,17,20H,4-7,11-16,18H2,1-3H3,(H2,23,24,25);1H. The molecular weight excluding hydrogens is 463 g/mol. The number of likely N-dealkylation sites (tertiary alicyclic amines) is 1. The zero-order valence-electron chi connectivity index (χ0n) is 17.9. The molecule has 0 spiro atoms. The van der Waals surface area contributed by atoms with E-state index in [9.17, 15) is 0 Å². The molecule has 1 aliphatic heterocycles. The van der Waals surface area contributed by atoms with Gasteiger partial charge in [-0.2, -0.15) is 0 Å². The number of halogens is 1. The highest BCUT2D eigenvalue weighted by Gasteiger charge is 2.19. The first-order valence-electron chi connectivity index (χ1n) is 10.7. The van der Waals surface area contributed by atoms with Crippen LogP contribution in [0.2, 0.25) is 0 Å². The van der Waals surface area contributed by atoms with Crippen molar-refractivity contribution in [2.45, 2.75) is 65.5 Å². The van der Waals surface area contributed by atoms with Crippen LogP contribution in [0, 0.1) is 0 Å². The first-order chi connectivity index (χ1) is 13.2. The molecular formula is C22H39IN4O. The van der Waals surface area contributed by atoms with Crippen molar-refractivity contribution in [3.05, 3.63) is 29.8 Å². The number of piperidine rings is 1. The van der Waals surface area contributed by atoms with E-state index in [1.54, 1.807) is 0 Å². The van der Waals surface area contributed by atoms with Crippen molar-refractivity contribution in [3.8, 4) is 5.75 Å². The van der Waals surface area contributed by atoms with Gasteiger partial charge in [-0.25, -0.2) is 4.99 Å². The minimum absolute atomic E-state index is 0. The summed E-state index contributed by atoms with van der Waals surface area (Å²) >= 11 is 0. The molecule has 1 aliphatic rings. The van der Waals surface area contributed by atoms with Crippen LogP contribution in [-0.2, 0) is 6.54 Å². The number of hydrogen-bond acceptors (Lipinski definition) is 3. The predicted molar refractivity (Wildman–Crippen MR) is 130 cm³/mol. The highest BCUT2D eigenvalue weighted by molar-refractivity contribution is 14.0. The van der Waals surface area contributed by atoms with E-state index in [0.717, 1.165) is 37.7 Å². The van der Waals surface area contributed by atoms with Crippen molar-refractivity contribution in [1.29, 1.82) is 0 Å². The van der Waals surface area contributed by atoms with Crippen LogP contribution in [0.1, 0.15) is 58.4 Å². The lowest BCUT2D eigenvalue weighted by Crippen LogP contribution is -2.48. The van der Waals surface area contributed by atoms with Crippen molar-refractivity contribution in [3.63, 3.8) is 0 Å². The number of guanidine groups is 1. The summed E-state index contributed by atoms with van der Waals surface area (Å²) in [6, 6.07) is 8.81. The molecule has 0 unspecified atom stereocenters. The second-order valence-corrected chi connectivity index (χ2v) is 7.30. The van der Waals surface area contributed by atoms with E-state index < -0.39 is 0 Å². The molecule has 160 valence electrons. The van der Waals surface area contributed by atoms with E-state index in [4.69, 9.17) is 9.73 Å². The normalized spacial score (nSPS) is 15.8. The molecule has 1 heterocycles. The van der Waals surface area contributed by atoms with E-state index in [1.807, 2.05) is 6.07 Å². The Morgan fingerprint density at radius 2 is 1.96 bits per heavy atom. The van der Waals surface area contributed by atoms with Gasteiger partial charge in [-0.05, 0) is 56.8 Å². The molecule has 0 atom stereocenters. The summed E-state index contributed by atoms with van der Waals surface area (Å²) in [5.74, 6) is 1.86. The maximum absolute atomic E-state index is 5.81. The maximum Gasteiger partial charge on any atom is 0.191 e. The van der Waals surface area contributed by atoms with Gasteiger partial charge in [0.15, 0.2) is 5.96 Å². The van der Waals surface area contributed by atoms with Gasteiger partial charge >= 0.3 is 0 Å². The summed E-state index contributed by atoms with van der Waals surface area (Å²) in [7, 11) is 0. The zero-order chi connectivity index (χ0) is 19.3. The molecule has 6 heteroatoms. The Balaban J connectivity index is 0.00000392. The van der Waals surface area contributed by atoms with Crippen LogP contribution in [0.5, 0.6) is 5.75 Å². The fourth-order valence-electron chi connectivity index (χ4n) is 3.37. The molecule has 1 fully saturated rings. The summed E-state index contributed by atoms with van der Waals surface area (Å²) in [5.41, 5.74) is 1.18. The van der Waals surface area contributed by atoms with Crippen LogP contribution in [0.3, 0.4) is 0 Å². The summed E-state index contributed by atoms with van der Waals surface area (Å²) in [6.07, 6.45) is 5.85. The van der Waals surface area contributed by atoms with Crippen molar-refractivity contribution in [2.24, 2.45) is 4.99 Å². The molecule has 0 saturated carbocycles. The van der Waals surface area contributed by atoms with Crippen molar-refractivity contribution >= 4 is 29.9 Å². The Kier molecular flexibility index (Phi) is 13.3. The average molecular weight is 502 g/mol. The second-order valence-electron chi connectivity index (χ2n) is 7.30. The number of ether oxygens (including phenoxy) is 1. The fraction of sp³-hybridized carbons (Fsp3) is 0.682. The molecule has 0 amide bonds. The van der Waals surface area contributed by atoms with Gasteiger partial charge in [0, 0.05) is 25.7 Å². The highest BCUT2D eigenvalue weighted by atomic mass is 127. The summed E-state index contributed by atoms with van der Waals surface area (Å²) in [4.78, 5) is 7.36. The molecule has 2 N–H and O–H groups in total. The van der Waals surface area contributed by atoms with E-state index in [1.165, 1.54) is 44.5 Å². The Labute approximate surface area is 188 Å². The number of hydrogen-bond donors (Lipinski definition) is 2. The Hall–Kier alpha value is -1.02. The Morgan fingerprint density at radius 3 is 2.64 bits per heavy atom. The Bertz CT molecular complexity index is 559. The maximum atomic E-state index is 5.81. The molecule has 1 aromatic rings. The molecule has 0 radical (unpaired) electrons. The van der Waals surface area contributed by atoms with E-state index in [-0.39, 0.29) is 24.0 Å². The lowest BCUT2D eigenvalue weighted by atomic mass is 10.1. The van der Waals surface area contributed by atoms with Gasteiger partial charge in [0.1, 0.15) is 5.75 Å². The van der Waals surface area contributed by atoms with Gasteiger partial charge in [-0.15, -0.1) is 24.0 Å². The molecule has 0 aliphatic carbocycles. The predicted octanol–water partition coefficient (Wildman–Crippen LogP) is 4.41. The lowest BCUT2D eigenvalue weighted by Gasteiger charge is -2.32. The number of unbranched alkanes of at least 4 members (excludes halogenated alkanes) is 1. The van der Waals surface area contributed by atoms with E-state index in [2.05, 4.69) is 54.5 Å². The van der Waals surface area contributed by atoms with E-state index >= 15 is 0 Å². The third-order valence-electron chi connectivity index (χ3n) is 4.90. The lowest BCUT2D eigenvalue weighted by molar-refractivity contribution is 0.206. The third kappa shape index (κ3) is 9.45. The molecule has 5 nitrogen and oxygen atoms in total. The zero-order valence-corrected chi connectivity index (χ0v) is 20.2. The van der Waals surface area contributed by atoms with Gasteiger partial charge in [-0.1, -0.05) is 32.4 Å². The quantitative estimate of drug-likeness (QED) is 0.215. The van der Waals surface area contributed by atoms with Gasteiger partial charge in [0.25, 0.3) is 0 Å². The van der Waals surface area contributed by atoms with Crippen molar-refractivity contribution in [1.82, 2.24) is 15.5 Å². The number of rotatable bonds is 10. The minimum atomic E-state index is 0. The monoisotopic (exact) mass is 502 g/mol. The summed E-state index contributed by atoms with van der Waals surface area (Å²) in [5, 5.41) is 7.01. The van der Waals surface area contributed by atoms with Crippen LogP contribution in [0.25, 0.3) is 0 Å². The number of nitrogens with zero attached hydrogens (tertiary/aromatic N) is 2. The summed E-state index contributed by atoms with van der Waals surface area (Å²) < 4.78 is 5.81. The van der Waals surface area contributed by atoms with Crippen LogP contribution < -0.4 is 15.4 Å². The van der Waals surface area contributed by atoms with Gasteiger partial charge < -0.3 is 20.3 Å². The van der Waals surface area contributed by atoms with Gasteiger partial charge in [0.05, 0.1) is 13.2 Å². The second kappa shape index (κ2) is 14.9. The largest absolute Gasteiger partial charge is 0.494 e. The molecule has 0 aromatic heterocycles. The minimum Gasteiger partial charge on any atom is -0.494 e. The van der Waals surface area contributed by atoms with Gasteiger partial charge in [0.2, 0.25) is 0 Å². The highest BCUT2D eigenvalue weighted by Crippen LogP contribution is 2.15. The number of benzene rings is 1. The molecule has 1 saturated heterocycles. The molecule has 0 bridgehead atoms. The van der Waals surface area contributed by atoms with Crippen LogP contribution in [0.4, 0.5) is 0 Å². The number of nitrogens with one attached hydrogen (secondary N) is 2. The topological polar surface area (TPSA) is 48.9 Å². The first-order valence-corrected chi connectivity index (χ1v) is 10.7. The molecule has 1 aromatic carbocycles. The number of aliphatic imine (C=N–C) groups is 1. The summed E-state index contributed by atoms with van der Waals surface area (Å²) in [6.45, 7) is 12.5. The van der Waals surface area contributed by atoms with Gasteiger partial charge in [-0.3, -0.25) is 0 Å². The SMILES string of the molecule is CCCCOc1cccc(CN=C(NCC)NC2CCN(CCC)CC2)c1.I. The van der Waals surface area contributed by atoms with Crippen LogP contribution >= 0.6 is 24.0 Å². The van der Waals surface area contributed by atoms with Crippen LogP contribution in [-0.4, -0.2) is 49.7 Å². The van der Waals surface area contributed by atoms with E-state index in [0.29, 0.717) is 12.6 Å². The van der Waals surface area contributed by atoms with Crippen molar-refractivity contribution < 1.29 is 4.74 Å². The van der Waals surface area contributed by atoms with Crippen molar-refractivity contribution in [2.75, 3.05) is 32.8 Å².